The van der Waals surface area contributed by atoms with Crippen molar-refractivity contribution in [3.05, 3.63) is 78.0 Å². The minimum absolute atomic E-state index is 1.06. The fourth-order valence-electron chi connectivity index (χ4n) is 3.61. The average Bonchev–Trinajstić information content (AvgIpc) is 2.98. The fraction of sp³-hybridized carbons (Fsp3) is 0.0952. The molecule has 0 atom stereocenters. The molecule has 1 aliphatic carbocycles. The normalized spacial score (nSPS) is 13.6. The zero-order valence-corrected chi connectivity index (χ0v) is 12.7. The Morgan fingerprint density at radius 2 is 1.74 bits per heavy atom. The number of rotatable bonds is 1. The highest BCUT2D eigenvalue weighted by Gasteiger charge is 2.23. The predicted molar refractivity (Wildman–Crippen MR) is 95.0 cm³/mol. The molecule has 2 heterocycles. The first kappa shape index (κ1) is 12.7. The molecule has 0 unspecified atom stereocenters. The van der Waals surface area contributed by atoms with Crippen molar-refractivity contribution in [1.29, 1.82) is 0 Å². The highest BCUT2D eigenvalue weighted by atomic mass is 15.0. The Morgan fingerprint density at radius 3 is 2.65 bits per heavy atom. The monoisotopic (exact) mass is 296 g/mol. The van der Waals surface area contributed by atoms with Crippen molar-refractivity contribution < 1.29 is 0 Å². The molecular weight excluding hydrogens is 280 g/mol. The van der Waals surface area contributed by atoms with Crippen molar-refractivity contribution in [3.8, 4) is 17.1 Å². The van der Waals surface area contributed by atoms with Crippen LogP contribution < -0.4 is 0 Å². The highest BCUT2D eigenvalue weighted by molar-refractivity contribution is 5.89. The predicted octanol–water partition coefficient (Wildman–Crippen LogP) is 5.09. The molecule has 0 saturated carbocycles. The van der Waals surface area contributed by atoms with Crippen molar-refractivity contribution in [3.63, 3.8) is 0 Å². The molecule has 0 aromatic heterocycles. The number of benzene rings is 2. The smallest absolute Gasteiger partial charge is 0.0887 e. The molecule has 23 heavy (non-hydrogen) atoms. The van der Waals surface area contributed by atoms with E-state index in [0.29, 0.717) is 0 Å². The third kappa shape index (κ3) is 1.85. The van der Waals surface area contributed by atoms with Crippen LogP contribution in [0.5, 0.6) is 0 Å². The quantitative estimate of drug-likeness (QED) is 0.478. The van der Waals surface area contributed by atoms with E-state index in [2.05, 4.69) is 77.4 Å². The van der Waals surface area contributed by atoms with Crippen LogP contribution in [-0.2, 0) is 6.42 Å². The third-order valence-electron chi connectivity index (χ3n) is 4.62. The maximum atomic E-state index is 4.88. The van der Waals surface area contributed by atoms with E-state index in [4.69, 9.17) is 4.98 Å². The van der Waals surface area contributed by atoms with Crippen molar-refractivity contribution in [2.45, 2.75) is 12.8 Å². The summed E-state index contributed by atoms with van der Waals surface area (Å²) in [5.74, 6) is 0. The maximum Gasteiger partial charge on any atom is 0.0887 e. The van der Waals surface area contributed by atoms with E-state index in [9.17, 15) is 0 Å². The Kier molecular flexibility index (Phi) is 2.65. The van der Waals surface area contributed by atoms with E-state index in [1.165, 1.54) is 27.8 Å². The van der Waals surface area contributed by atoms with Crippen LogP contribution in [0.15, 0.2) is 66.7 Å². The number of nitrogens with zero attached hydrogens (tertiary/aromatic N) is 2. The van der Waals surface area contributed by atoms with Gasteiger partial charge in [-0.05, 0) is 43.2 Å². The number of pyridine rings is 1. The Balaban J connectivity index is 1.98. The molecular formula is C21H16N2. The van der Waals surface area contributed by atoms with Gasteiger partial charge >= 0.3 is 0 Å². The standard InChI is InChI=1S/C21H16N2/c1-2-9-16(10-3-1)23-20-13-7-4-8-15(20)14-19-21(23)17-11-5-6-12-18(17)22-19/h1-4,6-10,12-14H,5,11H2. The van der Waals surface area contributed by atoms with Gasteiger partial charge in [-0.15, -0.1) is 0 Å². The highest BCUT2D eigenvalue weighted by Crippen LogP contribution is 2.37. The summed E-state index contributed by atoms with van der Waals surface area (Å²) >= 11 is 0. The Labute approximate surface area is 135 Å². The second kappa shape index (κ2) is 4.82. The van der Waals surface area contributed by atoms with Gasteiger partial charge in [0.1, 0.15) is 0 Å². The lowest BCUT2D eigenvalue weighted by atomic mass is 10.00. The van der Waals surface area contributed by atoms with E-state index < -0.39 is 0 Å². The van der Waals surface area contributed by atoms with Crippen molar-refractivity contribution in [1.82, 2.24) is 9.55 Å². The van der Waals surface area contributed by atoms with Gasteiger partial charge in [-0.25, -0.2) is 4.98 Å². The Hall–Kier alpha value is -2.87. The van der Waals surface area contributed by atoms with Gasteiger partial charge in [0.2, 0.25) is 0 Å². The van der Waals surface area contributed by atoms with Gasteiger partial charge in [-0.1, -0.05) is 42.5 Å². The number of para-hydroxylation sites is 2. The molecule has 2 aromatic rings. The number of fused-ring (bicyclic) bond motifs is 4. The molecule has 3 aliphatic rings. The molecule has 0 fully saturated rings. The van der Waals surface area contributed by atoms with Gasteiger partial charge in [0.25, 0.3) is 0 Å². The van der Waals surface area contributed by atoms with Gasteiger partial charge in [-0.2, -0.15) is 0 Å². The van der Waals surface area contributed by atoms with Gasteiger partial charge in [0.05, 0.1) is 22.6 Å². The van der Waals surface area contributed by atoms with E-state index in [-0.39, 0.29) is 0 Å². The SMILES string of the molecule is C1=Cc2nc3cc4ccccc4n(-c4ccccc4)c-3c2CC1. The summed E-state index contributed by atoms with van der Waals surface area (Å²) in [5.41, 5.74) is 7.27. The Bertz CT molecular complexity index is 1010. The first-order valence-electron chi connectivity index (χ1n) is 8.07. The first-order chi connectivity index (χ1) is 11.4. The first-order valence-corrected chi connectivity index (χ1v) is 8.07. The van der Waals surface area contributed by atoms with E-state index >= 15 is 0 Å². The van der Waals surface area contributed by atoms with Crippen LogP contribution in [0, 0.1) is 0 Å². The van der Waals surface area contributed by atoms with Crippen molar-refractivity contribution in [2.24, 2.45) is 0 Å². The van der Waals surface area contributed by atoms with Crippen LogP contribution >= 0.6 is 0 Å². The lowest BCUT2D eigenvalue weighted by Crippen LogP contribution is -2.04. The summed E-state index contributed by atoms with van der Waals surface area (Å²) < 4.78 is 2.37. The molecule has 110 valence electrons. The van der Waals surface area contributed by atoms with Crippen molar-refractivity contribution in [2.75, 3.05) is 0 Å². The fourth-order valence-corrected chi connectivity index (χ4v) is 3.61. The molecule has 0 spiro atoms. The van der Waals surface area contributed by atoms with E-state index in [0.717, 1.165) is 24.2 Å². The molecule has 0 bridgehead atoms. The second-order valence-electron chi connectivity index (χ2n) is 6.02. The van der Waals surface area contributed by atoms with Gasteiger partial charge in [-0.3, -0.25) is 0 Å². The van der Waals surface area contributed by atoms with Gasteiger partial charge in [0.15, 0.2) is 0 Å². The number of allylic oxidation sites excluding steroid dienone is 1. The molecule has 2 aromatic carbocycles. The number of hydrogen-bond donors (Lipinski definition) is 0. The summed E-state index contributed by atoms with van der Waals surface area (Å²) in [4.78, 5) is 4.88. The van der Waals surface area contributed by atoms with E-state index in [1.807, 2.05) is 0 Å². The molecule has 2 nitrogen and oxygen atoms in total. The summed E-state index contributed by atoms with van der Waals surface area (Å²) in [6.07, 6.45) is 6.54. The third-order valence-corrected chi connectivity index (χ3v) is 4.62. The number of aromatic nitrogens is 2. The largest absolute Gasteiger partial charge is 0.307 e. The topological polar surface area (TPSA) is 17.8 Å². The molecule has 0 N–H and O–H groups in total. The lowest BCUT2D eigenvalue weighted by molar-refractivity contribution is 0.969. The van der Waals surface area contributed by atoms with E-state index in [1.54, 1.807) is 0 Å². The molecule has 5 rings (SSSR count). The summed E-state index contributed by atoms with van der Waals surface area (Å²) in [6.45, 7) is 0. The molecule has 2 aliphatic heterocycles. The van der Waals surface area contributed by atoms with Crippen LogP contribution in [-0.4, -0.2) is 9.55 Å². The second-order valence-corrected chi connectivity index (χ2v) is 6.02. The van der Waals surface area contributed by atoms with Crippen LogP contribution in [0.3, 0.4) is 0 Å². The minimum Gasteiger partial charge on any atom is -0.307 e. The molecule has 0 radical (unpaired) electrons. The van der Waals surface area contributed by atoms with Gasteiger partial charge in [0, 0.05) is 16.6 Å². The Morgan fingerprint density at radius 1 is 0.913 bits per heavy atom. The summed E-state index contributed by atoms with van der Waals surface area (Å²) in [6, 6.07) is 21.4. The van der Waals surface area contributed by atoms with Crippen LogP contribution in [0.4, 0.5) is 0 Å². The molecule has 0 amide bonds. The zero-order chi connectivity index (χ0) is 15.2. The number of hydrogen-bond acceptors (Lipinski definition) is 1. The zero-order valence-electron chi connectivity index (χ0n) is 12.7. The van der Waals surface area contributed by atoms with Crippen LogP contribution in [0.25, 0.3) is 34.1 Å². The summed E-state index contributed by atoms with van der Waals surface area (Å²) in [5, 5.41) is 1.22. The molecule has 2 heteroatoms. The van der Waals surface area contributed by atoms with Crippen LogP contribution in [0.2, 0.25) is 0 Å². The van der Waals surface area contributed by atoms with Crippen LogP contribution in [0.1, 0.15) is 17.7 Å². The van der Waals surface area contributed by atoms with Crippen molar-refractivity contribution >= 4 is 17.0 Å². The summed E-state index contributed by atoms with van der Waals surface area (Å²) in [7, 11) is 0. The molecule has 0 saturated heterocycles. The average molecular weight is 296 g/mol. The minimum atomic E-state index is 1.06. The lowest BCUT2D eigenvalue weighted by Gasteiger charge is -2.18. The maximum absolute atomic E-state index is 4.88. The van der Waals surface area contributed by atoms with Gasteiger partial charge < -0.3 is 4.57 Å².